The summed E-state index contributed by atoms with van der Waals surface area (Å²) < 4.78 is 23.8. The van der Waals surface area contributed by atoms with Crippen molar-refractivity contribution in [3.05, 3.63) is 83.2 Å². The number of anilines is 1. The van der Waals surface area contributed by atoms with E-state index in [2.05, 4.69) is 22.3 Å². The second-order valence-corrected chi connectivity index (χ2v) is 9.36. The number of nitrogens with one attached hydrogen (secondary N) is 1. The lowest BCUT2D eigenvalue weighted by atomic mass is 9.98. The largest absolute Gasteiger partial charge is 0.496 e. The van der Waals surface area contributed by atoms with Gasteiger partial charge in [0.1, 0.15) is 5.75 Å². The van der Waals surface area contributed by atoms with Gasteiger partial charge in [-0.05, 0) is 47.9 Å². The number of furan rings is 1. The summed E-state index contributed by atoms with van der Waals surface area (Å²) in [6, 6.07) is 15.8. The molecule has 0 radical (unpaired) electrons. The van der Waals surface area contributed by atoms with Gasteiger partial charge in [0, 0.05) is 43.5 Å². The van der Waals surface area contributed by atoms with Crippen molar-refractivity contribution in [2.45, 2.75) is 26.1 Å². The van der Waals surface area contributed by atoms with Crippen molar-refractivity contribution >= 4 is 11.6 Å². The summed E-state index contributed by atoms with van der Waals surface area (Å²) in [4.78, 5) is 12.0. The predicted octanol–water partition coefficient (Wildman–Crippen LogP) is 4.58. The first-order chi connectivity index (χ1) is 19.2. The van der Waals surface area contributed by atoms with Gasteiger partial charge in [0.2, 0.25) is 11.8 Å². The van der Waals surface area contributed by atoms with Crippen LogP contribution in [0.3, 0.4) is 0 Å². The standard InChI is InChI=1S/C29H30N6O4/c1-36-23-7-4-6-20-11-12-34(18-22(20)23)17-21-16-31-29(30-15-19-9-10-24(37-2)26(14-19)38-3)35-28(21)32-27(33-35)25-8-5-13-39-25/h4-10,13-14,16H,11-12,15,17-18H2,1-3H3,(H,30,31). The van der Waals surface area contributed by atoms with Crippen molar-refractivity contribution in [2.24, 2.45) is 0 Å². The van der Waals surface area contributed by atoms with Crippen LogP contribution in [0.25, 0.3) is 17.2 Å². The Balaban J connectivity index is 1.30. The van der Waals surface area contributed by atoms with Gasteiger partial charge in [-0.15, -0.1) is 5.10 Å². The fourth-order valence-corrected chi connectivity index (χ4v) is 5.01. The highest BCUT2D eigenvalue weighted by atomic mass is 16.5. The summed E-state index contributed by atoms with van der Waals surface area (Å²) in [5.41, 5.74) is 5.30. The minimum Gasteiger partial charge on any atom is -0.496 e. The van der Waals surface area contributed by atoms with Crippen molar-refractivity contribution in [1.29, 1.82) is 0 Å². The fourth-order valence-electron chi connectivity index (χ4n) is 5.01. The first-order valence-corrected chi connectivity index (χ1v) is 12.8. The van der Waals surface area contributed by atoms with Crippen molar-refractivity contribution < 1.29 is 18.6 Å². The van der Waals surface area contributed by atoms with Crippen molar-refractivity contribution in [2.75, 3.05) is 33.2 Å². The Morgan fingerprint density at radius 3 is 2.64 bits per heavy atom. The summed E-state index contributed by atoms with van der Waals surface area (Å²) in [5.74, 6) is 3.98. The highest BCUT2D eigenvalue weighted by Crippen LogP contribution is 2.30. The molecule has 0 aliphatic carbocycles. The number of methoxy groups -OCH3 is 3. The Morgan fingerprint density at radius 1 is 0.974 bits per heavy atom. The molecule has 1 aliphatic rings. The molecule has 10 heteroatoms. The van der Waals surface area contributed by atoms with E-state index >= 15 is 0 Å². The molecule has 6 rings (SSSR count). The van der Waals surface area contributed by atoms with E-state index in [1.165, 1.54) is 11.1 Å². The first-order valence-electron chi connectivity index (χ1n) is 12.8. The summed E-state index contributed by atoms with van der Waals surface area (Å²) in [6.45, 7) is 2.93. The molecule has 0 bridgehead atoms. The van der Waals surface area contributed by atoms with Gasteiger partial charge in [-0.25, -0.2) is 9.97 Å². The zero-order valence-corrected chi connectivity index (χ0v) is 22.2. The third kappa shape index (κ3) is 4.86. The Labute approximate surface area is 226 Å². The molecule has 0 spiro atoms. The number of rotatable bonds is 9. The number of fused-ring (bicyclic) bond motifs is 2. The van der Waals surface area contributed by atoms with Crippen molar-refractivity contribution in [3.63, 3.8) is 0 Å². The van der Waals surface area contributed by atoms with E-state index < -0.39 is 0 Å². The van der Waals surface area contributed by atoms with E-state index in [0.717, 1.165) is 42.0 Å². The van der Waals surface area contributed by atoms with Crippen LogP contribution in [0.15, 0.2) is 65.4 Å². The lowest BCUT2D eigenvalue weighted by molar-refractivity contribution is 0.240. The van der Waals surface area contributed by atoms with Gasteiger partial charge in [0.05, 0.1) is 27.6 Å². The number of nitrogens with zero attached hydrogens (tertiary/aromatic N) is 5. The van der Waals surface area contributed by atoms with Crippen LogP contribution < -0.4 is 19.5 Å². The Bertz CT molecular complexity index is 1580. The average molecular weight is 527 g/mol. The van der Waals surface area contributed by atoms with Gasteiger partial charge in [-0.3, -0.25) is 4.90 Å². The zero-order valence-electron chi connectivity index (χ0n) is 22.2. The second kappa shape index (κ2) is 10.7. The van der Waals surface area contributed by atoms with E-state index in [1.54, 1.807) is 32.1 Å². The number of aromatic nitrogens is 4. The summed E-state index contributed by atoms with van der Waals surface area (Å²) in [7, 11) is 4.97. The molecular formula is C29H30N6O4. The molecule has 0 fully saturated rings. The lowest BCUT2D eigenvalue weighted by Crippen LogP contribution is -2.30. The second-order valence-electron chi connectivity index (χ2n) is 9.36. The minimum atomic E-state index is 0.508. The zero-order chi connectivity index (χ0) is 26.8. The van der Waals surface area contributed by atoms with E-state index in [-0.39, 0.29) is 0 Å². The quantitative estimate of drug-likeness (QED) is 0.296. The SMILES string of the molecule is COc1ccc(CNc2ncc(CN3CCc4cccc(OC)c4C3)c3nc(-c4ccco4)nn23)cc1OC. The monoisotopic (exact) mass is 526 g/mol. The van der Waals surface area contributed by atoms with Crippen LogP contribution in [0.1, 0.15) is 22.3 Å². The van der Waals surface area contributed by atoms with Crippen LogP contribution in [-0.2, 0) is 26.1 Å². The molecule has 2 aromatic carbocycles. The summed E-state index contributed by atoms with van der Waals surface area (Å²) >= 11 is 0. The molecule has 39 heavy (non-hydrogen) atoms. The Hall–Kier alpha value is -4.57. The topological polar surface area (TPSA) is 99.2 Å². The first kappa shape index (κ1) is 24.7. The predicted molar refractivity (Wildman–Crippen MR) is 146 cm³/mol. The number of hydrogen-bond acceptors (Lipinski definition) is 9. The van der Waals surface area contributed by atoms with Crippen LogP contribution in [-0.4, -0.2) is 52.4 Å². The molecule has 10 nitrogen and oxygen atoms in total. The maximum absolute atomic E-state index is 5.63. The van der Waals surface area contributed by atoms with Crippen molar-refractivity contribution in [1.82, 2.24) is 24.5 Å². The molecule has 4 heterocycles. The number of ether oxygens (including phenoxy) is 3. The van der Waals surface area contributed by atoms with Crippen LogP contribution in [0.2, 0.25) is 0 Å². The van der Waals surface area contributed by atoms with Crippen molar-refractivity contribution in [3.8, 4) is 28.8 Å². The van der Waals surface area contributed by atoms with E-state index in [1.807, 2.05) is 42.6 Å². The molecular weight excluding hydrogens is 496 g/mol. The molecule has 200 valence electrons. The molecule has 0 atom stereocenters. The van der Waals surface area contributed by atoms with Crippen LogP contribution in [0, 0.1) is 0 Å². The van der Waals surface area contributed by atoms with Gasteiger partial charge in [-0.1, -0.05) is 18.2 Å². The molecule has 5 aromatic rings. The van der Waals surface area contributed by atoms with Crippen LogP contribution >= 0.6 is 0 Å². The normalized spacial score (nSPS) is 13.3. The van der Waals surface area contributed by atoms with E-state index in [4.69, 9.17) is 33.7 Å². The third-order valence-electron chi connectivity index (χ3n) is 7.00. The van der Waals surface area contributed by atoms with Gasteiger partial charge in [0.15, 0.2) is 22.9 Å². The lowest BCUT2D eigenvalue weighted by Gasteiger charge is -2.29. The molecule has 0 unspecified atom stereocenters. The maximum atomic E-state index is 5.63. The molecule has 0 saturated carbocycles. The minimum absolute atomic E-state index is 0.508. The van der Waals surface area contributed by atoms with Gasteiger partial charge in [0.25, 0.3) is 0 Å². The molecule has 3 aromatic heterocycles. The highest BCUT2D eigenvalue weighted by Gasteiger charge is 2.22. The van der Waals surface area contributed by atoms with Crippen LogP contribution in [0.4, 0.5) is 5.95 Å². The molecule has 0 saturated heterocycles. The number of hydrogen-bond donors (Lipinski definition) is 1. The highest BCUT2D eigenvalue weighted by molar-refractivity contribution is 5.58. The Kier molecular flexibility index (Phi) is 6.76. The molecule has 1 aliphatic heterocycles. The average Bonchev–Trinajstić information content (AvgIpc) is 3.67. The smallest absolute Gasteiger partial charge is 0.226 e. The molecule has 1 N–H and O–H groups in total. The van der Waals surface area contributed by atoms with E-state index in [0.29, 0.717) is 42.1 Å². The maximum Gasteiger partial charge on any atom is 0.226 e. The van der Waals surface area contributed by atoms with Gasteiger partial charge >= 0.3 is 0 Å². The van der Waals surface area contributed by atoms with Gasteiger partial charge in [-0.2, -0.15) is 4.52 Å². The van der Waals surface area contributed by atoms with Crippen LogP contribution in [0.5, 0.6) is 17.2 Å². The third-order valence-corrected chi connectivity index (χ3v) is 7.00. The summed E-state index contributed by atoms with van der Waals surface area (Å²) in [5, 5.41) is 8.15. The Morgan fingerprint density at radius 2 is 1.85 bits per heavy atom. The number of benzene rings is 2. The van der Waals surface area contributed by atoms with E-state index in [9.17, 15) is 0 Å². The fraction of sp³-hybridized carbons (Fsp3) is 0.276. The van der Waals surface area contributed by atoms with Gasteiger partial charge < -0.3 is 23.9 Å². The molecule has 0 amide bonds. The summed E-state index contributed by atoms with van der Waals surface area (Å²) in [6.07, 6.45) is 4.46.